The van der Waals surface area contributed by atoms with E-state index >= 15 is 0 Å². The van der Waals surface area contributed by atoms with Crippen LogP contribution in [0.2, 0.25) is 0 Å². The quantitative estimate of drug-likeness (QED) is 0.890. The number of Topliss-reactive ketones (excluding diaryl/α,β-unsaturated/α-hetero) is 1. The number of benzene rings is 1. The van der Waals surface area contributed by atoms with Crippen molar-refractivity contribution in [2.45, 2.75) is 31.7 Å². The summed E-state index contributed by atoms with van der Waals surface area (Å²) in [6.07, 6.45) is 3.56. The van der Waals surface area contributed by atoms with Crippen molar-refractivity contribution >= 4 is 5.78 Å². The van der Waals surface area contributed by atoms with Crippen LogP contribution in [0.15, 0.2) is 24.3 Å². The molecule has 2 bridgehead atoms. The molecule has 0 spiro atoms. The molecule has 0 saturated heterocycles. The number of carbonyl (C=O) groups is 1. The molecule has 2 fully saturated rings. The van der Waals surface area contributed by atoms with E-state index in [0.717, 1.165) is 19.3 Å². The highest BCUT2D eigenvalue weighted by atomic mass is 19.1. The number of hydrogen-bond acceptors (Lipinski definition) is 2. The van der Waals surface area contributed by atoms with Gasteiger partial charge in [0.25, 0.3) is 0 Å². The third-order valence-electron chi connectivity index (χ3n) is 4.67. The van der Waals surface area contributed by atoms with Crippen LogP contribution in [0, 0.1) is 23.6 Å². The summed E-state index contributed by atoms with van der Waals surface area (Å²) >= 11 is 0. The maximum atomic E-state index is 13.5. The Hall–Kier alpha value is -1.22. The van der Waals surface area contributed by atoms with Gasteiger partial charge in [0.15, 0.2) is 0 Å². The second-order valence-electron chi connectivity index (χ2n) is 5.67. The van der Waals surface area contributed by atoms with Gasteiger partial charge in [-0.15, -0.1) is 0 Å². The van der Waals surface area contributed by atoms with E-state index < -0.39 is 0 Å². The van der Waals surface area contributed by atoms with Crippen LogP contribution in [0.5, 0.6) is 0 Å². The summed E-state index contributed by atoms with van der Waals surface area (Å²) < 4.78 is 13.5. The molecule has 1 aromatic rings. The van der Waals surface area contributed by atoms with Crippen molar-refractivity contribution in [1.82, 2.24) is 0 Å². The third-order valence-corrected chi connectivity index (χ3v) is 4.67. The van der Waals surface area contributed by atoms with Crippen LogP contribution >= 0.6 is 0 Å². The molecule has 4 atom stereocenters. The zero-order valence-corrected chi connectivity index (χ0v) is 10.3. The van der Waals surface area contributed by atoms with Crippen molar-refractivity contribution in [3.63, 3.8) is 0 Å². The Morgan fingerprint density at radius 3 is 2.67 bits per heavy atom. The Bertz CT molecular complexity index is 471. The lowest BCUT2D eigenvalue weighted by atomic mass is 9.80. The van der Waals surface area contributed by atoms with Gasteiger partial charge in [0.05, 0.1) is 0 Å². The van der Waals surface area contributed by atoms with Gasteiger partial charge in [-0.1, -0.05) is 18.2 Å². The summed E-state index contributed by atoms with van der Waals surface area (Å²) in [6.45, 7) is 0. The standard InChI is InChI=1S/C15H18FNO/c16-12-4-2-1-3-9(12)8-13(18)14-10-5-6-11(7-10)15(14)17/h1-4,10-11,14-15H,5-8,17H2. The van der Waals surface area contributed by atoms with Gasteiger partial charge in [-0.3, -0.25) is 4.79 Å². The molecule has 18 heavy (non-hydrogen) atoms. The lowest BCUT2D eigenvalue weighted by Crippen LogP contribution is -2.40. The molecule has 2 saturated carbocycles. The van der Waals surface area contributed by atoms with Crippen molar-refractivity contribution in [3.8, 4) is 0 Å². The van der Waals surface area contributed by atoms with Gasteiger partial charge in [0.1, 0.15) is 11.6 Å². The number of hydrogen-bond donors (Lipinski definition) is 1. The first-order valence-corrected chi connectivity index (χ1v) is 6.68. The molecule has 2 nitrogen and oxygen atoms in total. The highest BCUT2D eigenvalue weighted by Crippen LogP contribution is 2.48. The van der Waals surface area contributed by atoms with Crippen molar-refractivity contribution in [1.29, 1.82) is 0 Å². The molecule has 0 amide bonds. The van der Waals surface area contributed by atoms with E-state index in [2.05, 4.69) is 0 Å². The first kappa shape index (κ1) is 11.8. The van der Waals surface area contributed by atoms with Crippen molar-refractivity contribution in [3.05, 3.63) is 35.6 Å². The smallest absolute Gasteiger partial charge is 0.142 e. The summed E-state index contributed by atoms with van der Waals surface area (Å²) in [5.41, 5.74) is 6.64. The van der Waals surface area contributed by atoms with Gasteiger partial charge in [0, 0.05) is 18.4 Å². The number of halogens is 1. The minimum Gasteiger partial charge on any atom is -0.327 e. The molecule has 0 aromatic heterocycles. The van der Waals surface area contributed by atoms with E-state index in [1.54, 1.807) is 18.2 Å². The van der Waals surface area contributed by atoms with Crippen molar-refractivity contribution in [2.75, 3.05) is 0 Å². The number of fused-ring (bicyclic) bond motifs is 2. The van der Waals surface area contributed by atoms with E-state index in [1.807, 2.05) is 0 Å². The molecule has 2 aliphatic carbocycles. The number of carbonyl (C=O) groups excluding carboxylic acids is 1. The Balaban J connectivity index is 1.74. The molecule has 0 heterocycles. The van der Waals surface area contributed by atoms with Crippen LogP contribution in [0.1, 0.15) is 24.8 Å². The predicted octanol–water partition coefficient (Wildman–Crippen LogP) is 2.31. The summed E-state index contributed by atoms with van der Waals surface area (Å²) in [7, 11) is 0. The van der Waals surface area contributed by atoms with Crippen molar-refractivity contribution < 1.29 is 9.18 Å². The predicted molar refractivity (Wildman–Crippen MR) is 67.4 cm³/mol. The van der Waals surface area contributed by atoms with Crippen LogP contribution in [-0.2, 0) is 11.2 Å². The van der Waals surface area contributed by atoms with Gasteiger partial charge in [-0.05, 0) is 42.7 Å². The zero-order chi connectivity index (χ0) is 12.7. The number of rotatable bonds is 3. The number of ketones is 1. The first-order valence-electron chi connectivity index (χ1n) is 6.68. The molecule has 1 aromatic carbocycles. The molecule has 2 aliphatic rings. The normalized spacial score (nSPS) is 33.9. The average molecular weight is 247 g/mol. The average Bonchev–Trinajstić information content (AvgIpc) is 2.92. The fourth-order valence-corrected chi connectivity index (χ4v) is 3.76. The lowest BCUT2D eigenvalue weighted by molar-refractivity contribution is -0.124. The lowest BCUT2D eigenvalue weighted by Gasteiger charge is -2.26. The Labute approximate surface area is 106 Å². The third kappa shape index (κ3) is 1.87. The van der Waals surface area contributed by atoms with Gasteiger partial charge in [-0.2, -0.15) is 0 Å². The van der Waals surface area contributed by atoms with E-state index in [4.69, 9.17) is 5.73 Å². The number of nitrogens with two attached hydrogens (primary N) is 1. The summed E-state index contributed by atoms with van der Waals surface area (Å²) in [6, 6.07) is 6.51. The first-order chi connectivity index (χ1) is 8.66. The minimum atomic E-state index is -0.289. The van der Waals surface area contributed by atoms with Gasteiger partial charge < -0.3 is 5.73 Å². The maximum absolute atomic E-state index is 13.5. The second-order valence-corrected chi connectivity index (χ2v) is 5.67. The van der Waals surface area contributed by atoms with Crippen LogP contribution in [0.25, 0.3) is 0 Å². The minimum absolute atomic E-state index is 0.00280. The summed E-state index contributed by atoms with van der Waals surface area (Å²) in [5, 5.41) is 0. The summed E-state index contributed by atoms with van der Waals surface area (Å²) in [5.74, 6) is 0.763. The molecule has 4 unspecified atom stereocenters. The van der Waals surface area contributed by atoms with Gasteiger partial charge in [-0.25, -0.2) is 4.39 Å². The molecule has 0 radical (unpaired) electrons. The second kappa shape index (κ2) is 4.47. The topological polar surface area (TPSA) is 43.1 Å². The van der Waals surface area contributed by atoms with E-state index in [0.29, 0.717) is 17.4 Å². The Morgan fingerprint density at radius 1 is 1.28 bits per heavy atom. The van der Waals surface area contributed by atoms with Crippen molar-refractivity contribution in [2.24, 2.45) is 23.5 Å². The highest BCUT2D eigenvalue weighted by molar-refractivity contribution is 5.84. The zero-order valence-electron chi connectivity index (χ0n) is 10.3. The van der Waals surface area contributed by atoms with E-state index in [9.17, 15) is 9.18 Å². The molecular weight excluding hydrogens is 229 g/mol. The van der Waals surface area contributed by atoms with Crippen LogP contribution in [0.4, 0.5) is 4.39 Å². The van der Waals surface area contributed by atoms with Gasteiger partial charge in [0.2, 0.25) is 0 Å². The largest absolute Gasteiger partial charge is 0.327 e. The monoisotopic (exact) mass is 247 g/mol. The van der Waals surface area contributed by atoms with Crippen LogP contribution < -0.4 is 5.73 Å². The Morgan fingerprint density at radius 2 is 2.00 bits per heavy atom. The maximum Gasteiger partial charge on any atom is 0.142 e. The van der Waals surface area contributed by atoms with E-state index in [1.165, 1.54) is 6.07 Å². The fraction of sp³-hybridized carbons (Fsp3) is 0.533. The molecule has 3 rings (SSSR count). The van der Waals surface area contributed by atoms with Crippen LogP contribution in [-0.4, -0.2) is 11.8 Å². The Kier molecular flexibility index (Phi) is 2.94. The molecular formula is C15H18FNO. The molecule has 3 heteroatoms. The van der Waals surface area contributed by atoms with Gasteiger partial charge >= 0.3 is 0 Å². The highest BCUT2D eigenvalue weighted by Gasteiger charge is 2.48. The van der Waals surface area contributed by atoms with Crippen LogP contribution in [0.3, 0.4) is 0 Å². The SMILES string of the molecule is NC1C2CCC(C2)C1C(=O)Cc1ccccc1F. The fourth-order valence-electron chi connectivity index (χ4n) is 3.76. The molecule has 96 valence electrons. The molecule has 2 N–H and O–H groups in total. The summed E-state index contributed by atoms with van der Waals surface area (Å²) in [4.78, 5) is 12.3. The molecule has 0 aliphatic heterocycles. The van der Waals surface area contributed by atoms with E-state index in [-0.39, 0.29) is 30.0 Å².